The van der Waals surface area contributed by atoms with Crippen LogP contribution in [-0.2, 0) is 0 Å². The molecule has 0 aliphatic heterocycles. The lowest BCUT2D eigenvalue weighted by atomic mass is 9.98. The molecule has 1 aromatic heterocycles. The smallest absolute Gasteiger partial charge is 0.0589 e. The molecule has 0 aliphatic carbocycles. The van der Waals surface area contributed by atoms with E-state index in [4.69, 9.17) is 11.6 Å². The molecule has 2 aromatic carbocycles. The number of halogens is 2. The van der Waals surface area contributed by atoms with Crippen molar-refractivity contribution < 1.29 is 0 Å². The normalized spacial score (nSPS) is 12.8. The molecule has 20 heavy (non-hydrogen) atoms. The molecule has 0 saturated heterocycles. The highest BCUT2D eigenvalue weighted by molar-refractivity contribution is 9.10. The molecular formula is C16H13BrClNS. The summed E-state index contributed by atoms with van der Waals surface area (Å²) in [4.78, 5) is 0. The van der Waals surface area contributed by atoms with E-state index in [-0.39, 0.29) is 6.04 Å². The summed E-state index contributed by atoms with van der Waals surface area (Å²) < 4.78 is 2.24. The summed E-state index contributed by atoms with van der Waals surface area (Å²) in [5.74, 6) is 0. The Bertz CT molecular complexity index is 753. The van der Waals surface area contributed by atoms with Crippen LogP contribution in [0.1, 0.15) is 17.2 Å². The number of hydrogen-bond acceptors (Lipinski definition) is 2. The lowest BCUT2D eigenvalue weighted by Gasteiger charge is -2.17. The highest BCUT2D eigenvalue weighted by Gasteiger charge is 2.17. The summed E-state index contributed by atoms with van der Waals surface area (Å²) in [6, 6.07) is 14.8. The molecule has 0 aliphatic rings. The minimum atomic E-state index is 0.150. The Balaban J connectivity index is 2.11. The zero-order valence-electron chi connectivity index (χ0n) is 10.9. The van der Waals surface area contributed by atoms with Crippen LogP contribution < -0.4 is 5.32 Å². The average molecular weight is 367 g/mol. The molecule has 3 rings (SSSR count). The molecular weight excluding hydrogens is 354 g/mol. The average Bonchev–Trinajstić information content (AvgIpc) is 2.88. The molecule has 4 heteroatoms. The van der Waals surface area contributed by atoms with Gasteiger partial charge >= 0.3 is 0 Å². The number of nitrogens with one attached hydrogen (secondary N) is 1. The van der Waals surface area contributed by atoms with Gasteiger partial charge in [0, 0.05) is 9.17 Å². The summed E-state index contributed by atoms with van der Waals surface area (Å²) in [7, 11) is 1.98. The van der Waals surface area contributed by atoms with Gasteiger partial charge in [0.1, 0.15) is 0 Å². The first-order valence-electron chi connectivity index (χ1n) is 6.29. The molecule has 1 atom stereocenters. The van der Waals surface area contributed by atoms with Crippen molar-refractivity contribution in [2.45, 2.75) is 6.04 Å². The lowest BCUT2D eigenvalue weighted by molar-refractivity contribution is 0.698. The van der Waals surface area contributed by atoms with E-state index in [1.54, 1.807) is 11.3 Å². The quantitative estimate of drug-likeness (QED) is 0.634. The molecule has 0 fully saturated rings. The monoisotopic (exact) mass is 365 g/mol. The lowest BCUT2D eigenvalue weighted by Crippen LogP contribution is -2.17. The van der Waals surface area contributed by atoms with Gasteiger partial charge in [-0.05, 0) is 63.1 Å². The van der Waals surface area contributed by atoms with Crippen molar-refractivity contribution in [1.29, 1.82) is 0 Å². The van der Waals surface area contributed by atoms with Crippen LogP contribution in [-0.4, -0.2) is 7.05 Å². The first kappa shape index (κ1) is 14.1. The summed E-state index contributed by atoms with van der Waals surface area (Å²) in [5, 5.41) is 7.66. The van der Waals surface area contributed by atoms with E-state index in [2.05, 4.69) is 57.0 Å². The van der Waals surface area contributed by atoms with E-state index in [0.29, 0.717) is 0 Å². The zero-order valence-corrected chi connectivity index (χ0v) is 14.0. The minimum absolute atomic E-state index is 0.150. The van der Waals surface area contributed by atoms with Crippen molar-refractivity contribution in [2.75, 3.05) is 7.05 Å². The highest BCUT2D eigenvalue weighted by Crippen LogP contribution is 2.35. The van der Waals surface area contributed by atoms with Crippen LogP contribution in [0.3, 0.4) is 0 Å². The van der Waals surface area contributed by atoms with Crippen LogP contribution in [0.4, 0.5) is 0 Å². The maximum Gasteiger partial charge on any atom is 0.0589 e. The summed E-state index contributed by atoms with van der Waals surface area (Å²) in [6.45, 7) is 0. The summed E-state index contributed by atoms with van der Waals surface area (Å²) in [5.41, 5.74) is 2.47. The summed E-state index contributed by atoms with van der Waals surface area (Å²) >= 11 is 11.4. The predicted octanol–water partition coefficient (Wildman–Crippen LogP) is 5.63. The van der Waals surface area contributed by atoms with Gasteiger partial charge < -0.3 is 5.32 Å². The fourth-order valence-corrected chi connectivity index (χ4v) is 3.84. The van der Waals surface area contributed by atoms with Crippen LogP contribution in [0.5, 0.6) is 0 Å². The van der Waals surface area contributed by atoms with Crippen molar-refractivity contribution in [1.82, 2.24) is 5.32 Å². The molecule has 1 heterocycles. The zero-order chi connectivity index (χ0) is 14.1. The number of fused-ring (bicyclic) bond motifs is 1. The van der Waals surface area contributed by atoms with Crippen molar-refractivity contribution in [3.63, 3.8) is 0 Å². The van der Waals surface area contributed by atoms with Gasteiger partial charge in [0.25, 0.3) is 0 Å². The van der Waals surface area contributed by atoms with Crippen LogP contribution >= 0.6 is 38.9 Å². The van der Waals surface area contributed by atoms with Gasteiger partial charge in [0.15, 0.2) is 0 Å². The molecule has 0 radical (unpaired) electrons. The van der Waals surface area contributed by atoms with Gasteiger partial charge in [-0.3, -0.25) is 0 Å². The van der Waals surface area contributed by atoms with Gasteiger partial charge in [-0.15, -0.1) is 11.3 Å². The van der Waals surface area contributed by atoms with Gasteiger partial charge in [-0.25, -0.2) is 0 Å². The van der Waals surface area contributed by atoms with Crippen LogP contribution in [0.25, 0.3) is 10.1 Å². The third-order valence-electron chi connectivity index (χ3n) is 3.39. The molecule has 0 amide bonds. The second kappa shape index (κ2) is 5.86. The summed E-state index contributed by atoms with van der Waals surface area (Å²) in [6.07, 6.45) is 0. The standard InChI is InChI=1S/C16H13BrClNS/c1-19-16(10-6-7-13(17)14(18)8-10)12-9-20-15-5-3-2-4-11(12)15/h2-9,16,19H,1H3. The highest BCUT2D eigenvalue weighted by atomic mass is 79.9. The Labute approximate surface area is 135 Å². The molecule has 0 bridgehead atoms. The Hall–Kier alpha value is -0.870. The maximum absolute atomic E-state index is 6.22. The van der Waals surface area contributed by atoms with Crippen LogP contribution in [0.15, 0.2) is 52.3 Å². The van der Waals surface area contributed by atoms with Gasteiger partial charge in [0.2, 0.25) is 0 Å². The van der Waals surface area contributed by atoms with Gasteiger partial charge in [-0.1, -0.05) is 35.9 Å². The Morgan fingerprint density at radius 2 is 2.00 bits per heavy atom. The molecule has 3 aromatic rings. The predicted molar refractivity (Wildman–Crippen MR) is 91.9 cm³/mol. The largest absolute Gasteiger partial charge is 0.309 e. The molecule has 1 nitrogen and oxygen atoms in total. The number of rotatable bonds is 3. The molecule has 0 spiro atoms. The second-order valence-electron chi connectivity index (χ2n) is 4.58. The van der Waals surface area contributed by atoms with E-state index in [1.807, 2.05) is 19.2 Å². The maximum atomic E-state index is 6.22. The topological polar surface area (TPSA) is 12.0 Å². The number of hydrogen-bond donors (Lipinski definition) is 1. The van der Waals surface area contributed by atoms with Crippen molar-refractivity contribution >= 4 is 49.0 Å². The fourth-order valence-electron chi connectivity index (χ4n) is 2.42. The van der Waals surface area contributed by atoms with E-state index < -0.39 is 0 Å². The van der Waals surface area contributed by atoms with Gasteiger partial charge in [0.05, 0.1) is 11.1 Å². The van der Waals surface area contributed by atoms with Crippen molar-refractivity contribution in [3.8, 4) is 0 Å². The minimum Gasteiger partial charge on any atom is -0.309 e. The third kappa shape index (κ3) is 2.51. The van der Waals surface area contributed by atoms with Crippen molar-refractivity contribution in [3.05, 3.63) is 68.5 Å². The van der Waals surface area contributed by atoms with Crippen LogP contribution in [0, 0.1) is 0 Å². The van der Waals surface area contributed by atoms with Crippen molar-refractivity contribution in [2.24, 2.45) is 0 Å². The second-order valence-corrected chi connectivity index (χ2v) is 6.76. The van der Waals surface area contributed by atoms with E-state index in [0.717, 1.165) is 9.50 Å². The fraction of sp³-hybridized carbons (Fsp3) is 0.125. The Kier molecular flexibility index (Phi) is 4.13. The van der Waals surface area contributed by atoms with E-state index in [9.17, 15) is 0 Å². The van der Waals surface area contributed by atoms with E-state index in [1.165, 1.54) is 21.2 Å². The number of thiophene rings is 1. The third-order valence-corrected chi connectivity index (χ3v) is 5.60. The number of benzene rings is 2. The Morgan fingerprint density at radius 3 is 2.75 bits per heavy atom. The van der Waals surface area contributed by atoms with Crippen LogP contribution in [0.2, 0.25) is 5.02 Å². The molecule has 1 N–H and O–H groups in total. The molecule has 0 saturated carbocycles. The Morgan fingerprint density at radius 1 is 1.20 bits per heavy atom. The van der Waals surface area contributed by atoms with E-state index >= 15 is 0 Å². The van der Waals surface area contributed by atoms with Gasteiger partial charge in [-0.2, -0.15) is 0 Å². The SMILES string of the molecule is CNC(c1ccc(Br)c(Cl)c1)c1csc2ccccc12. The molecule has 102 valence electrons. The first-order valence-corrected chi connectivity index (χ1v) is 8.34. The molecule has 1 unspecified atom stereocenters. The first-order chi connectivity index (χ1) is 9.70.